The summed E-state index contributed by atoms with van der Waals surface area (Å²) in [5.41, 5.74) is 0.0615. The molecular weight excluding hydrogens is 548 g/mol. The van der Waals surface area contributed by atoms with Crippen LogP contribution < -0.4 is 0 Å². The molecule has 2 heterocycles. The molecule has 0 aromatic carbocycles. The van der Waals surface area contributed by atoms with E-state index in [4.69, 9.17) is 18.9 Å². The van der Waals surface area contributed by atoms with E-state index in [1.807, 2.05) is 0 Å². The van der Waals surface area contributed by atoms with Gasteiger partial charge in [0.1, 0.15) is 12.2 Å². The Balaban J connectivity index is 1.31. The molecule has 6 fully saturated rings. The first-order chi connectivity index (χ1) is 17.9. The number of rotatable bonds is 2. The summed E-state index contributed by atoms with van der Waals surface area (Å²) in [5.74, 6) is 2.26. The lowest BCUT2D eigenvalue weighted by Crippen LogP contribution is -2.61. The molecule has 1 spiro atoms. The number of hydrogen-bond acceptors (Lipinski definition) is 6. The van der Waals surface area contributed by atoms with Gasteiger partial charge in [-0.25, -0.2) is 0 Å². The Labute approximate surface area is 236 Å². The van der Waals surface area contributed by atoms with Gasteiger partial charge in [-0.15, -0.1) is 0 Å². The quantitative estimate of drug-likeness (QED) is 0.277. The fourth-order valence-corrected chi connectivity index (χ4v) is 12.3. The van der Waals surface area contributed by atoms with Gasteiger partial charge in [-0.1, -0.05) is 43.6 Å². The largest absolute Gasteiger partial charge is 0.463 e. The van der Waals surface area contributed by atoms with Crippen LogP contribution in [0.3, 0.4) is 0 Å². The van der Waals surface area contributed by atoms with Crippen molar-refractivity contribution in [2.75, 3.05) is 6.61 Å². The predicted molar refractivity (Wildman–Crippen MR) is 146 cm³/mol. The van der Waals surface area contributed by atoms with Gasteiger partial charge in [0, 0.05) is 31.1 Å². The maximum absolute atomic E-state index is 12.5. The SMILES string of the molecule is CC(=O)O[C@H]1CC[C@@]2(C)[C@@H](CC[C@@H]3[C@@H]2C[C@@H](OC(C)=O)[C@]2(C)[C@@H]4[C@H](C[C@@H]32)O[C@@]2(OC[C@H](C)C[C@@H]2Br)[C@H]4C)C1. The van der Waals surface area contributed by atoms with E-state index in [9.17, 15) is 9.59 Å². The van der Waals surface area contributed by atoms with Gasteiger partial charge in [0.2, 0.25) is 0 Å². The van der Waals surface area contributed by atoms with E-state index in [0.717, 1.165) is 45.1 Å². The number of halogens is 1. The highest BCUT2D eigenvalue weighted by Gasteiger charge is 2.73. The number of alkyl halides is 1. The Morgan fingerprint density at radius 3 is 2.34 bits per heavy atom. The molecule has 0 bridgehead atoms. The number of ether oxygens (including phenoxy) is 4. The summed E-state index contributed by atoms with van der Waals surface area (Å²) in [5, 5.41) is 0. The second-order valence-corrected chi connectivity index (χ2v) is 15.5. The Hall–Kier alpha value is -0.660. The summed E-state index contributed by atoms with van der Waals surface area (Å²) >= 11 is 3.98. The summed E-state index contributed by atoms with van der Waals surface area (Å²) < 4.78 is 25.5. The van der Waals surface area contributed by atoms with Crippen LogP contribution in [0.25, 0.3) is 0 Å². The highest BCUT2D eigenvalue weighted by molar-refractivity contribution is 9.09. The maximum Gasteiger partial charge on any atom is 0.302 e. The van der Waals surface area contributed by atoms with Crippen LogP contribution in [0.2, 0.25) is 0 Å². The van der Waals surface area contributed by atoms with E-state index < -0.39 is 5.79 Å². The first-order valence-corrected chi connectivity index (χ1v) is 16.1. The zero-order valence-corrected chi connectivity index (χ0v) is 25.6. The third-order valence-electron chi connectivity index (χ3n) is 12.6. The molecule has 0 aromatic heterocycles. The Morgan fingerprint density at radius 2 is 1.66 bits per heavy atom. The molecule has 214 valence electrons. The summed E-state index contributed by atoms with van der Waals surface area (Å²) in [4.78, 5) is 24.4. The molecule has 0 N–H and O–H groups in total. The third-order valence-corrected chi connectivity index (χ3v) is 13.6. The molecule has 14 atom stereocenters. The normalized spacial score (nSPS) is 55.4. The van der Waals surface area contributed by atoms with Crippen LogP contribution >= 0.6 is 15.9 Å². The molecule has 4 aliphatic carbocycles. The highest BCUT2D eigenvalue weighted by Crippen LogP contribution is 2.72. The molecule has 38 heavy (non-hydrogen) atoms. The Morgan fingerprint density at radius 1 is 0.921 bits per heavy atom. The zero-order valence-electron chi connectivity index (χ0n) is 24.0. The van der Waals surface area contributed by atoms with E-state index in [2.05, 4.69) is 43.6 Å². The highest BCUT2D eigenvalue weighted by atomic mass is 79.9. The molecule has 2 aliphatic heterocycles. The van der Waals surface area contributed by atoms with E-state index >= 15 is 0 Å². The fourth-order valence-electron chi connectivity index (χ4n) is 11.0. The molecule has 0 radical (unpaired) electrons. The van der Waals surface area contributed by atoms with Crippen LogP contribution in [-0.2, 0) is 28.5 Å². The molecule has 6 rings (SSSR count). The lowest BCUT2D eigenvalue weighted by molar-refractivity contribution is -0.269. The van der Waals surface area contributed by atoms with Crippen molar-refractivity contribution in [1.29, 1.82) is 0 Å². The minimum absolute atomic E-state index is 0.0481. The molecule has 4 saturated carbocycles. The van der Waals surface area contributed by atoms with Crippen molar-refractivity contribution < 1.29 is 28.5 Å². The smallest absolute Gasteiger partial charge is 0.302 e. The minimum Gasteiger partial charge on any atom is -0.463 e. The Kier molecular flexibility index (Phi) is 6.83. The molecule has 6 aliphatic rings. The van der Waals surface area contributed by atoms with Crippen molar-refractivity contribution in [2.45, 2.75) is 122 Å². The maximum atomic E-state index is 12.5. The standard InChI is InChI=1S/C31H47BrO6/c1-16-11-26(32)31(35-15-16)17(2)28-25(38-31)13-24-22-8-7-20-12-21(36-18(3)33)9-10-29(20,5)23(22)14-27(30(24,28)6)37-19(4)34/h16-17,20-28H,7-15H2,1-6H3/t16-,17+,20+,21+,22-,23+,24+,25+,26+,27-,28+,29+,30-,31+/m1/s1. The second kappa shape index (κ2) is 9.44. The van der Waals surface area contributed by atoms with Gasteiger partial charge in [-0.3, -0.25) is 9.59 Å². The second-order valence-electron chi connectivity index (χ2n) is 14.4. The van der Waals surface area contributed by atoms with Crippen molar-refractivity contribution in [2.24, 2.45) is 52.3 Å². The van der Waals surface area contributed by atoms with Crippen LogP contribution in [0, 0.1) is 52.3 Å². The first kappa shape index (κ1) is 27.5. The van der Waals surface area contributed by atoms with Crippen LogP contribution in [0.15, 0.2) is 0 Å². The van der Waals surface area contributed by atoms with Gasteiger partial charge in [-0.05, 0) is 86.4 Å². The van der Waals surface area contributed by atoms with Crippen LogP contribution in [0.1, 0.15) is 92.9 Å². The van der Waals surface area contributed by atoms with Gasteiger partial charge >= 0.3 is 11.9 Å². The summed E-state index contributed by atoms with van der Waals surface area (Å²) in [6.07, 6.45) is 8.47. The molecular formula is C31H47BrO6. The molecule has 0 unspecified atom stereocenters. The summed E-state index contributed by atoms with van der Waals surface area (Å²) in [6.45, 7) is 13.3. The van der Waals surface area contributed by atoms with Crippen molar-refractivity contribution in [1.82, 2.24) is 0 Å². The van der Waals surface area contributed by atoms with Crippen molar-refractivity contribution in [3.05, 3.63) is 0 Å². The van der Waals surface area contributed by atoms with Gasteiger partial charge < -0.3 is 18.9 Å². The number of carbonyl (C=O) groups is 2. The summed E-state index contributed by atoms with van der Waals surface area (Å²) in [7, 11) is 0. The number of fused-ring (bicyclic) bond motifs is 7. The molecule has 2 saturated heterocycles. The zero-order chi connectivity index (χ0) is 27.2. The number of hydrogen-bond donors (Lipinski definition) is 0. The van der Waals surface area contributed by atoms with Crippen molar-refractivity contribution in [3.63, 3.8) is 0 Å². The van der Waals surface area contributed by atoms with Gasteiger partial charge in [-0.2, -0.15) is 0 Å². The minimum atomic E-state index is -0.591. The topological polar surface area (TPSA) is 71.1 Å². The summed E-state index contributed by atoms with van der Waals surface area (Å²) in [6, 6.07) is 0. The van der Waals surface area contributed by atoms with Gasteiger partial charge in [0.05, 0.1) is 17.5 Å². The van der Waals surface area contributed by atoms with E-state index in [-0.39, 0.29) is 51.8 Å². The molecule has 0 amide bonds. The predicted octanol–water partition coefficient (Wildman–Crippen LogP) is 6.28. The van der Waals surface area contributed by atoms with Crippen LogP contribution in [0.5, 0.6) is 0 Å². The third kappa shape index (κ3) is 3.90. The lowest BCUT2D eigenvalue weighted by Gasteiger charge is -2.62. The van der Waals surface area contributed by atoms with E-state index in [1.165, 1.54) is 19.8 Å². The van der Waals surface area contributed by atoms with Gasteiger partial charge in [0.25, 0.3) is 0 Å². The van der Waals surface area contributed by atoms with Crippen molar-refractivity contribution in [3.8, 4) is 0 Å². The number of esters is 2. The van der Waals surface area contributed by atoms with Crippen LogP contribution in [-0.4, -0.2) is 47.5 Å². The lowest BCUT2D eigenvalue weighted by atomic mass is 9.43. The Bertz CT molecular complexity index is 972. The van der Waals surface area contributed by atoms with Crippen molar-refractivity contribution >= 4 is 27.9 Å². The first-order valence-electron chi connectivity index (χ1n) is 15.2. The molecule has 0 aromatic rings. The molecule has 6 nitrogen and oxygen atoms in total. The van der Waals surface area contributed by atoms with E-state index in [0.29, 0.717) is 35.5 Å². The average molecular weight is 596 g/mol. The van der Waals surface area contributed by atoms with E-state index in [1.54, 1.807) is 6.92 Å². The number of carbonyl (C=O) groups excluding carboxylic acids is 2. The van der Waals surface area contributed by atoms with Crippen LogP contribution in [0.4, 0.5) is 0 Å². The molecule has 7 heteroatoms. The monoisotopic (exact) mass is 594 g/mol. The fraction of sp³-hybridized carbons (Fsp3) is 0.935. The van der Waals surface area contributed by atoms with Gasteiger partial charge in [0.15, 0.2) is 5.79 Å². The average Bonchev–Trinajstić information content (AvgIpc) is 3.29.